The molecule has 332 valence electrons. The van der Waals surface area contributed by atoms with E-state index in [-0.39, 0.29) is 5.41 Å². The Morgan fingerprint density at radius 3 is 1.43 bits per heavy atom. The van der Waals surface area contributed by atoms with Crippen molar-refractivity contribution in [2.24, 2.45) is 0 Å². The zero-order valence-corrected chi connectivity index (χ0v) is 40.0. The molecule has 0 aromatic heterocycles. The van der Waals surface area contributed by atoms with Gasteiger partial charge in [-0.05, 0) is 127 Å². The van der Waals surface area contributed by atoms with E-state index in [9.17, 15) is 0 Å². The topological polar surface area (TPSA) is 3.24 Å². The van der Waals surface area contributed by atoms with E-state index in [1.54, 1.807) is 0 Å². The second kappa shape index (κ2) is 16.4. The van der Waals surface area contributed by atoms with E-state index >= 15 is 0 Å². The van der Waals surface area contributed by atoms with Crippen molar-refractivity contribution in [1.82, 2.24) is 0 Å². The Morgan fingerprint density at radius 1 is 0.333 bits per heavy atom. The zero-order valence-electron chi connectivity index (χ0n) is 40.0. The first kappa shape index (κ1) is 42.4. The van der Waals surface area contributed by atoms with Gasteiger partial charge in [-0.2, -0.15) is 0 Å². The number of rotatable bonds is 8. The largest absolute Gasteiger partial charge is 0.310 e. The van der Waals surface area contributed by atoms with E-state index in [4.69, 9.17) is 0 Å². The summed E-state index contributed by atoms with van der Waals surface area (Å²) in [5.74, 6) is 0. The van der Waals surface area contributed by atoms with E-state index < -0.39 is 10.8 Å². The number of anilines is 3. The third kappa shape index (κ3) is 6.59. The maximum absolute atomic E-state index is 2.55. The van der Waals surface area contributed by atoms with Crippen molar-refractivity contribution in [3.05, 3.63) is 304 Å². The summed E-state index contributed by atoms with van der Waals surface area (Å²) in [5, 5.41) is 0. The van der Waals surface area contributed by atoms with Gasteiger partial charge in [-0.3, -0.25) is 0 Å². The molecule has 12 rings (SSSR count). The van der Waals surface area contributed by atoms with E-state index in [0.29, 0.717) is 0 Å². The van der Waals surface area contributed by atoms with Gasteiger partial charge in [0.2, 0.25) is 0 Å². The number of hydrogen-bond donors (Lipinski definition) is 0. The fraction of sp³-hybridized carbons (Fsp3) is 0.118. The second-order valence-electron chi connectivity index (χ2n) is 20.2. The van der Waals surface area contributed by atoms with Crippen LogP contribution in [0.15, 0.2) is 243 Å². The van der Waals surface area contributed by atoms with Gasteiger partial charge in [0.15, 0.2) is 0 Å². The molecule has 0 fully saturated rings. The lowest BCUT2D eigenvalue weighted by molar-refractivity contribution is 0.589. The summed E-state index contributed by atoms with van der Waals surface area (Å²) in [6, 6.07) is 91.6. The average Bonchev–Trinajstić information content (AvgIpc) is 3.86. The standard InChI is InChI=1S/C68H55N/c1-46-30-34-52(35-31-46)67(53-36-32-47(2)33-37-53)61-27-15-13-25-59(61)65-62(67)28-17-29-64(65)69(55-23-16-20-49(44-55)48-18-8-6-9-19-48)56-42-43-58-57-24-12-14-26-60(57)68(63(58)45-56,51-21-10-7-11-22-51)54-40-38-50(39-41-54)66(3,4)5/h6-45H,1-5H3. The first-order chi connectivity index (χ1) is 33.7. The summed E-state index contributed by atoms with van der Waals surface area (Å²) in [4.78, 5) is 2.55. The summed E-state index contributed by atoms with van der Waals surface area (Å²) in [6.45, 7) is 11.3. The molecule has 0 heterocycles. The molecule has 1 nitrogen and oxygen atoms in total. The molecule has 0 saturated heterocycles. The van der Waals surface area contributed by atoms with Crippen LogP contribution in [0.4, 0.5) is 17.1 Å². The summed E-state index contributed by atoms with van der Waals surface area (Å²) in [7, 11) is 0. The molecule has 10 aromatic carbocycles. The lowest BCUT2D eigenvalue weighted by atomic mass is 9.67. The fourth-order valence-electron chi connectivity index (χ4n) is 11.9. The maximum atomic E-state index is 2.55. The van der Waals surface area contributed by atoms with Gasteiger partial charge >= 0.3 is 0 Å². The maximum Gasteiger partial charge on any atom is 0.0714 e. The molecule has 1 heteroatoms. The molecule has 0 spiro atoms. The molecule has 1 unspecified atom stereocenters. The minimum atomic E-state index is -0.575. The molecule has 0 amide bonds. The van der Waals surface area contributed by atoms with Gasteiger partial charge in [0.1, 0.15) is 0 Å². The van der Waals surface area contributed by atoms with Crippen molar-refractivity contribution in [1.29, 1.82) is 0 Å². The highest BCUT2D eigenvalue weighted by Crippen LogP contribution is 2.61. The van der Waals surface area contributed by atoms with Crippen molar-refractivity contribution in [3.63, 3.8) is 0 Å². The summed E-state index contributed by atoms with van der Waals surface area (Å²) in [6.07, 6.45) is 0. The Hall–Kier alpha value is -8.00. The Kier molecular flexibility index (Phi) is 10.0. The predicted molar refractivity (Wildman–Crippen MR) is 289 cm³/mol. The van der Waals surface area contributed by atoms with Crippen LogP contribution in [-0.4, -0.2) is 0 Å². The molecular formula is C68H55N. The third-order valence-electron chi connectivity index (χ3n) is 15.1. The lowest BCUT2D eigenvalue weighted by Gasteiger charge is -2.36. The second-order valence-corrected chi connectivity index (χ2v) is 20.2. The Labute approximate surface area is 408 Å². The van der Waals surface area contributed by atoms with Crippen LogP contribution < -0.4 is 4.90 Å². The number of fused-ring (bicyclic) bond motifs is 6. The molecule has 69 heavy (non-hydrogen) atoms. The van der Waals surface area contributed by atoms with Gasteiger partial charge < -0.3 is 4.90 Å². The smallest absolute Gasteiger partial charge is 0.0714 e. The van der Waals surface area contributed by atoms with Crippen LogP contribution in [0.2, 0.25) is 0 Å². The van der Waals surface area contributed by atoms with Crippen LogP contribution in [-0.2, 0) is 16.2 Å². The van der Waals surface area contributed by atoms with Crippen molar-refractivity contribution in [2.75, 3.05) is 4.90 Å². The predicted octanol–water partition coefficient (Wildman–Crippen LogP) is 17.5. The quantitative estimate of drug-likeness (QED) is 0.147. The summed E-state index contributed by atoms with van der Waals surface area (Å²) >= 11 is 0. The summed E-state index contributed by atoms with van der Waals surface area (Å²) in [5.41, 5.74) is 23.7. The van der Waals surface area contributed by atoms with Crippen LogP contribution in [0.1, 0.15) is 82.0 Å². The molecule has 2 aliphatic carbocycles. The van der Waals surface area contributed by atoms with Crippen molar-refractivity contribution in [2.45, 2.75) is 50.9 Å². The third-order valence-corrected chi connectivity index (χ3v) is 15.1. The van der Waals surface area contributed by atoms with Crippen molar-refractivity contribution < 1.29 is 0 Å². The van der Waals surface area contributed by atoms with E-state index in [1.807, 2.05) is 0 Å². The van der Waals surface area contributed by atoms with E-state index in [2.05, 4.69) is 282 Å². The van der Waals surface area contributed by atoms with Gasteiger partial charge in [0, 0.05) is 16.9 Å². The minimum Gasteiger partial charge on any atom is -0.310 e. The Bertz CT molecular complexity index is 3480. The average molecular weight is 886 g/mol. The Balaban J connectivity index is 1.17. The SMILES string of the molecule is Cc1ccc(C2(c3ccc(C)cc3)c3ccccc3-c3c(N(c4cccc(-c5ccccc5)c4)c4ccc5c(c4)C(c4ccccc4)(c4ccc(C(C)(C)C)cc4)c4ccccc4-5)cccc32)cc1. The highest BCUT2D eigenvalue weighted by molar-refractivity contribution is 5.99. The number of nitrogens with zero attached hydrogens (tertiary/aromatic N) is 1. The Morgan fingerprint density at radius 2 is 0.797 bits per heavy atom. The summed E-state index contributed by atoms with van der Waals surface area (Å²) < 4.78 is 0. The molecule has 0 aliphatic heterocycles. The first-order valence-electron chi connectivity index (χ1n) is 24.4. The van der Waals surface area contributed by atoms with Gasteiger partial charge in [-0.1, -0.05) is 244 Å². The highest BCUT2D eigenvalue weighted by atomic mass is 15.1. The van der Waals surface area contributed by atoms with Crippen LogP contribution >= 0.6 is 0 Å². The van der Waals surface area contributed by atoms with Crippen LogP contribution in [0.25, 0.3) is 33.4 Å². The fourth-order valence-corrected chi connectivity index (χ4v) is 11.9. The highest BCUT2D eigenvalue weighted by Gasteiger charge is 2.49. The first-order valence-corrected chi connectivity index (χ1v) is 24.4. The molecule has 0 N–H and O–H groups in total. The van der Waals surface area contributed by atoms with Gasteiger partial charge in [-0.25, -0.2) is 0 Å². The van der Waals surface area contributed by atoms with E-state index in [1.165, 1.54) is 94.6 Å². The number of aryl methyl sites for hydroxylation is 2. The van der Waals surface area contributed by atoms with Gasteiger partial charge in [0.25, 0.3) is 0 Å². The molecule has 10 aromatic rings. The molecule has 1 atom stereocenters. The zero-order chi connectivity index (χ0) is 46.9. The molecule has 0 bridgehead atoms. The lowest BCUT2D eigenvalue weighted by Crippen LogP contribution is -2.29. The number of benzene rings is 10. The molecule has 0 radical (unpaired) electrons. The van der Waals surface area contributed by atoms with Crippen LogP contribution in [0, 0.1) is 13.8 Å². The van der Waals surface area contributed by atoms with Gasteiger partial charge in [-0.15, -0.1) is 0 Å². The van der Waals surface area contributed by atoms with Gasteiger partial charge in [0.05, 0.1) is 16.5 Å². The van der Waals surface area contributed by atoms with E-state index in [0.717, 1.165) is 17.1 Å². The monoisotopic (exact) mass is 885 g/mol. The number of hydrogen-bond acceptors (Lipinski definition) is 1. The van der Waals surface area contributed by atoms with Crippen LogP contribution in [0.3, 0.4) is 0 Å². The minimum absolute atomic E-state index is 0.0247. The molecule has 2 aliphatic rings. The molecular weight excluding hydrogens is 831 g/mol. The van der Waals surface area contributed by atoms with Crippen molar-refractivity contribution in [3.8, 4) is 33.4 Å². The van der Waals surface area contributed by atoms with Crippen molar-refractivity contribution >= 4 is 17.1 Å². The molecule has 0 saturated carbocycles. The van der Waals surface area contributed by atoms with Crippen LogP contribution in [0.5, 0.6) is 0 Å². The normalized spacial score (nSPS) is 15.2.